The quantitative estimate of drug-likeness (QED) is 0.149. The topological polar surface area (TPSA) is 16.4 Å². The van der Waals surface area contributed by atoms with E-state index in [1.807, 2.05) is 12.1 Å². The molecule has 0 amide bonds. The number of benzene rings is 10. The summed E-state index contributed by atoms with van der Waals surface area (Å²) in [6.45, 7) is 0. The fourth-order valence-electron chi connectivity index (χ4n) is 10.5. The highest BCUT2D eigenvalue weighted by molar-refractivity contribution is 6.12. The molecule has 2 nitrogen and oxygen atoms in total. The molecular formula is C60H45NO. The summed E-state index contributed by atoms with van der Waals surface area (Å²) in [5.74, 6) is 0.582. The minimum absolute atomic E-state index is 0.582. The van der Waals surface area contributed by atoms with E-state index >= 15 is 0 Å². The maximum atomic E-state index is 6.19. The van der Waals surface area contributed by atoms with Crippen LogP contribution in [0, 0.1) is 0 Å². The smallest absolute Gasteiger partial charge is 0.135 e. The van der Waals surface area contributed by atoms with Crippen LogP contribution in [-0.4, -0.2) is 0 Å². The minimum atomic E-state index is 0.582. The Balaban J connectivity index is 1.03. The van der Waals surface area contributed by atoms with Gasteiger partial charge < -0.3 is 9.32 Å². The van der Waals surface area contributed by atoms with E-state index in [-0.39, 0.29) is 0 Å². The van der Waals surface area contributed by atoms with Crippen molar-refractivity contribution in [2.45, 2.75) is 38.0 Å². The van der Waals surface area contributed by atoms with Gasteiger partial charge in [-0.2, -0.15) is 0 Å². The van der Waals surface area contributed by atoms with Crippen molar-refractivity contribution >= 4 is 71.3 Å². The molecule has 1 fully saturated rings. The van der Waals surface area contributed by atoms with Gasteiger partial charge >= 0.3 is 0 Å². The molecular weight excluding hydrogens is 751 g/mol. The molecule has 0 bridgehead atoms. The zero-order valence-corrected chi connectivity index (χ0v) is 34.6. The standard InChI is InChI=1S/C60H45NO/c1-2-14-41(15-3-1)50-25-11-17-43-18-12-27-55(60(43)50)53-22-6-8-28-57(53)61(46-34-30-40(31-35-46)44-33-37-59-56(39-44)54-23-7-9-29-58(54)62-59)47-20-10-19-45(38-47)49-24-13-26-51-48-21-5-4-16-42(48)32-36-52(49)51/h4-13,16-39,41H,1-3,14-15H2. The van der Waals surface area contributed by atoms with Gasteiger partial charge in [-0.15, -0.1) is 0 Å². The van der Waals surface area contributed by atoms with E-state index in [1.54, 1.807) is 0 Å². The van der Waals surface area contributed by atoms with Gasteiger partial charge in [0.2, 0.25) is 0 Å². The van der Waals surface area contributed by atoms with Gasteiger partial charge in [0.25, 0.3) is 0 Å². The highest BCUT2D eigenvalue weighted by Gasteiger charge is 2.23. The van der Waals surface area contributed by atoms with Crippen LogP contribution >= 0.6 is 0 Å². The van der Waals surface area contributed by atoms with E-state index in [4.69, 9.17) is 4.42 Å². The maximum Gasteiger partial charge on any atom is 0.135 e. The fraction of sp³-hybridized carbons (Fsp3) is 0.100. The van der Waals surface area contributed by atoms with Gasteiger partial charge in [0.15, 0.2) is 0 Å². The zero-order chi connectivity index (χ0) is 41.0. The van der Waals surface area contributed by atoms with Crippen molar-refractivity contribution < 1.29 is 4.42 Å². The first-order valence-corrected chi connectivity index (χ1v) is 22.2. The minimum Gasteiger partial charge on any atom is -0.456 e. The van der Waals surface area contributed by atoms with Gasteiger partial charge in [-0.1, -0.05) is 177 Å². The second kappa shape index (κ2) is 15.2. The molecule has 0 spiro atoms. The van der Waals surface area contributed by atoms with Gasteiger partial charge in [0.05, 0.1) is 5.69 Å². The number of furan rings is 1. The Morgan fingerprint density at radius 3 is 1.95 bits per heavy atom. The van der Waals surface area contributed by atoms with Gasteiger partial charge in [-0.3, -0.25) is 0 Å². The number of rotatable bonds is 7. The third-order valence-corrected chi connectivity index (χ3v) is 13.5. The molecule has 1 heterocycles. The Labute approximate surface area is 362 Å². The summed E-state index contributed by atoms with van der Waals surface area (Å²) in [6, 6.07) is 76.0. The Morgan fingerprint density at radius 1 is 0.371 bits per heavy atom. The van der Waals surface area contributed by atoms with Gasteiger partial charge in [-0.25, -0.2) is 0 Å². The van der Waals surface area contributed by atoms with Gasteiger partial charge in [-0.05, 0) is 133 Å². The van der Waals surface area contributed by atoms with Crippen molar-refractivity contribution in [1.82, 2.24) is 0 Å². The van der Waals surface area contributed by atoms with Crippen LogP contribution in [0.3, 0.4) is 0 Å². The summed E-state index contributed by atoms with van der Waals surface area (Å²) in [4.78, 5) is 2.47. The molecule has 1 aliphatic carbocycles. The number of fused-ring (bicyclic) bond motifs is 7. The lowest BCUT2D eigenvalue weighted by molar-refractivity contribution is 0.445. The summed E-state index contributed by atoms with van der Waals surface area (Å²) in [7, 11) is 0. The monoisotopic (exact) mass is 795 g/mol. The number of nitrogens with zero attached hydrogens (tertiary/aromatic N) is 1. The van der Waals surface area contributed by atoms with Crippen molar-refractivity contribution in [3.8, 4) is 33.4 Å². The first-order chi connectivity index (χ1) is 30.7. The zero-order valence-electron chi connectivity index (χ0n) is 34.6. The van der Waals surface area contributed by atoms with Crippen molar-refractivity contribution in [2.24, 2.45) is 0 Å². The molecule has 1 aromatic heterocycles. The van der Waals surface area contributed by atoms with Gasteiger partial charge in [0, 0.05) is 27.7 Å². The third kappa shape index (κ3) is 6.25. The van der Waals surface area contributed by atoms with E-state index in [0.29, 0.717) is 5.92 Å². The Kier molecular flexibility index (Phi) is 8.96. The van der Waals surface area contributed by atoms with Crippen molar-refractivity contribution in [2.75, 3.05) is 4.90 Å². The molecule has 1 saturated carbocycles. The van der Waals surface area contributed by atoms with E-state index in [9.17, 15) is 0 Å². The number of hydrogen-bond donors (Lipinski definition) is 0. The summed E-state index contributed by atoms with van der Waals surface area (Å²) >= 11 is 0. The van der Waals surface area contributed by atoms with Crippen LogP contribution in [0.2, 0.25) is 0 Å². The maximum absolute atomic E-state index is 6.19. The van der Waals surface area contributed by atoms with Crippen molar-refractivity contribution in [3.63, 3.8) is 0 Å². The molecule has 296 valence electrons. The molecule has 0 N–H and O–H groups in total. The average molecular weight is 796 g/mol. The molecule has 0 radical (unpaired) electrons. The number of anilines is 3. The predicted octanol–water partition coefficient (Wildman–Crippen LogP) is 17.6. The van der Waals surface area contributed by atoms with Crippen LogP contribution < -0.4 is 4.90 Å². The molecule has 0 saturated heterocycles. The van der Waals surface area contributed by atoms with E-state index < -0.39 is 0 Å². The second-order valence-electron chi connectivity index (χ2n) is 17.0. The van der Waals surface area contributed by atoms with Crippen LogP contribution in [0.25, 0.3) is 87.6 Å². The summed E-state index contributed by atoms with van der Waals surface area (Å²) in [6.07, 6.45) is 6.47. The lowest BCUT2D eigenvalue weighted by Crippen LogP contribution is -2.11. The van der Waals surface area contributed by atoms with E-state index in [1.165, 1.54) is 97.8 Å². The molecule has 0 aliphatic heterocycles. The fourth-order valence-corrected chi connectivity index (χ4v) is 10.5. The summed E-state index contributed by atoms with van der Waals surface area (Å²) in [5, 5.41) is 10.1. The SMILES string of the molecule is c1cc(-c2cccc3c2ccc2ccccc23)cc(N(c2ccc(-c3ccc4oc5ccccc5c4c3)cc2)c2ccccc2-c2cccc3cccc(C4CCCCC4)c23)c1. The lowest BCUT2D eigenvalue weighted by Gasteiger charge is -2.29. The first-order valence-electron chi connectivity index (χ1n) is 22.2. The molecule has 1 aliphatic rings. The average Bonchev–Trinajstić information content (AvgIpc) is 3.72. The Bertz CT molecular complexity index is 3450. The van der Waals surface area contributed by atoms with Crippen LogP contribution in [0.5, 0.6) is 0 Å². The molecule has 0 unspecified atom stereocenters. The highest BCUT2D eigenvalue weighted by Crippen LogP contribution is 2.47. The molecule has 11 aromatic rings. The summed E-state index contributed by atoms with van der Waals surface area (Å²) in [5.41, 5.74) is 14.0. The highest BCUT2D eigenvalue weighted by atomic mass is 16.3. The van der Waals surface area contributed by atoms with Crippen LogP contribution in [0.1, 0.15) is 43.6 Å². The molecule has 62 heavy (non-hydrogen) atoms. The largest absolute Gasteiger partial charge is 0.456 e. The van der Waals surface area contributed by atoms with Crippen molar-refractivity contribution in [1.29, 1.82) is 0 Å². The van der Waals surface area contributed by atoms with Crippen LogP contribution in [0.4, 0.5) is 17.1 Å². The molecule has 2 heteroatoms. The van der Waals surface area contributed by atoms with Gasteiger partial charge in [0.1, 0.15) is 11.2 Å². The van der Waals surface area contributed by atoms with Crippen molar-refractivity contribution in [3.05, 3.63) is 212 Å². The lowest BCUT2D eigenvalue weighted by atomic mass is 9.80. The molecule has 12 rings (SSSR count). The Hall–Kier alpha value is -7.42. The first kappa shape index (κ1) is 36.4. The third-order valence-electron chi connectivity index (χ3n) is 13.5. The predicted molar refractivity (Wildman–Crippen MR) is 263 cm³/mol. The molecule has 0 atom stereocenters. The number of para-hydroxylation sites is 2. The normalized spacial score (nSPS) is 13.4. The summed E-state index contributed by atoms with van der Waals surface area (Å²) < 4.78 is 6.19. The van der Waals surface area contributed by atoms with E-state index in [2.05, 4.69) is 199 Å². The van der Waals surface area contributed by atoms with Crippen LogP contribution in [-0.2, 0) is 0 Å². The molecule has 10 aromatic carbocycles. The van der Waals surface area contributed by atoms with E-state index in [0.717, 1.165) is 44.6 Å². The second-order valence-corrected chi connectivity index (χ2v) is 17.0. The number of hydrogen-bond acceptors (Lipinski definition) is 2. The Morgan fingerprint density at radius 2 is 1.05 bits per heavy atom. The van der Waals surface area contributed by atoms with Crippen LogP contribution in [0.15, 0.2) is 211 Å².